The van der Waals surface area contributed by atoms with E-state index in [1.54, 1.807) is 4.90 Å². The van der Waals surface area contributed by atoms with Gasteiger partial charge in [-0.05, 0) is 73.4 Å². The van der Waals surface area contributed by atoms with E-state index in [4.69, 9.17) is 17.0 Å². The molecule has 1 fully saturated rings. The van der Waals surface area contributed by atoms with Crippen molar-refractivity contribution in [2.24, 2.45) is 0 Å². The van der Waals surface area contributed by atoms with Crippen LogP contribution in [0.25, 0.3) is 6.08 Å². The second-order valence-electron chi connectivity index (χ2n) is 7.63. The van der Waals surface area contributed by atoms with Crippen molar-refractivity contribution in [3.63, 3.8) is 0 Å². The van der Waals surface area contributed by atoms with Crippen LogP contribution in [-0.4, -0.2) is 10.2 Å². The van der Waals surface area contributed by atoms with Crippen molar-refractivity contribution in [3.8, 4) is 5.75 Å². The first kappa shape index (κ1) is 21.3. The van der Waals surface area contributed by atoms with Gasteiger partial charge in [0.05, 0.1) is 10.6 Å². The molecule has 3 nitrogen and oxygen atoms in total. The predicted octanol–water partition coefficient (Wildman–Crippen LogP) is 6.60. The lowest BCUT2D eigenvalue weighted by Gasteiger charge is -2.15. The van der Waals surface area contributed by atoms with Gasteiger partial charge in [-0.1, -0.05) is 72.0 Å². The van der Waals surface area contributed by atoms with E-state index in [-0.39, 0.29) is 5.91 Å². The number of carbonyl (C=O) groups is 1. The van der Waals surface area contributed by atoms with E-state index in [0.29, 0.717) is 15.8 Å². The molecule has 0 radical (unpaired) electrons. The Morgan fingerprint density at radius 2 is 1.74 bits per heavy atom. The standard InChI is InChI=1S/C26H23NO2S2/c1-17-5-4-6-21(13-17)16-29-23-11-8-20(9-12-23)15-24-25(28)27(26(30)31-24)22-10-7-18(2)19(3)14-22/h4-15H,16H2,1-3H3/b24-15+. The number of rotatable bonds is 5. The summed E-state index contributed by atoms with van der Waals surface area (Å²) < 4.78 is 6.44. The second kappa shape index (κ2) is 9.08. The number of nitrogens with zero attached hydrogens (tertiary/aromatic N) is 1. The highest BCUT2D eigenvalue weighted by Crippen LogP contribution is 2.36. The highest BCUT2D eigenvalue weighted by Gasteiger charge is 2.33. The highest BCUT2D eigenvalue weighted by atomic mass is 32.2. The average Bonchev–Trinajstić information content (AvgIpc) is 3.02. The van der Waals surface area contributed by atoms with Crippen molar-refractivity contribution >= 4 is 46.0 Å². The fourth-order valence-corrected chi connectivity index (χ4v) is 4.63. The summed E-state index contributed by atoms with van der Waals surface area (Å²) in [7, 11) is 0. The Bertz CT molecular complexity index is 1180. The third kappa shape index (κ3) is 4.89. The van der Waals surface area contributed by atoms with Gasteiger partial charge in [-0.15, -0.1) is 0 Å². The molecule has 4 rings (SSSR count). The molecule has 1 aliphatic rings. The molecule has 1 amide bonds. The lowest BCUT2D eigenvalue weighted by Crippen LogP contribution is -2.27. The highest BCUT2D eigenvalue weighted by molar-refractivity contribution is 8.27. The Morgan fingerprint density at radius 3 is 2.45 bits per heavy atom. The zero-order chi connectivity index (χ0) is 22.0. The van der Waals surface area contributed by atoms with Gasteiger partial charge >= 0.3 is 0 Å². The molecule has 0 aliphatic carbocycles. The number of anilines is 1. The van der Waals surface area contributed by atoms with E-state index in [1.807, 2.05) is 61.5 Å². The monoisotopic (exact) mass is 445 g/mol. The van der Waals surface area contributed by atoms with Crippen LogP contribution in [-0.2, 0) is 11.4 Å². The summed E-state index contributed by atoms with van der Waals surface area (Å²) in [5.41, 5.74) is 6.43. The Balaban J connectivity index is 1.46. The van der Waals surface area contributed by atoms with E-state index in [9.17, 15) is 4.79 Å². The van der Waals surface area contributed by atoms with Gasteiger partial charge in [0.1, 0.15) is 12.4 Å². The summed E-state index contributed by atoms with van der Waals surface area (Å²) in [6.45, 7) is 6.68. The first-order chi connectivity index (χ1) is 14.9. The Labute approximate surface area is 192 Å². The molecule has 1 heterocycles. The van der Waals surface area contributed by atoms with Crippen LogP contribution < -0.4 is 9.64 Å². The molecule has 0 bridgehead atoms. The second-order valence-corrected chi connectivity index (χ2v) is 9.31. The number of carbonyl (C=O) groups excluding carboxylic acids is 1. The van der Waals surface area contributed by atoms with Crippen LogP contribution in [0, 0.1) is 20.8 Å². The van der Waals surface area contributed by atoms with E-state index in [0.717, 1.165) is 28.1 Å². The maximum absolute atomic E-state index is 13.0. The Kier molecular flexibility index (Phi) is 6.25. The molecule has 0 unspecified atom stereocenters. The first-order valence-corrected chi connectivity index (χ1v) is 11.3. The molecule has 1 aliphatic heterocycles. The van der Waals surface area contributed by atoms with Crippen molar-refractivity contribution < 1.29 is 9.53 Å². The van der Waals surface area contributed by atoms with Gasteiger partial charge in [0.15, 0.2) is 4.32 Å². The average molecular weight is 446 g/mol. The SMILES string of the molecule is Cc1cccc(COc2ccc(/C=C3/SC(=S)N(c4ccc(C)c(C)c4)C3=O)cc2)c1. The number of ether oxygens (including phenoxy) is 1. The van der Waals surface area contributed by atoms with Crippen LogP contribution in [0.3, 0.4) is 0 Å². The van der Waals surface area contributed by atoms with Crippen LogP contribution in [0.15, 0.2) is 71.6 Å². The maximum atomic E-state index is 13.0. The fourth-order valence-electron chi connectivity index (χ4n) is 3.34. The van der Waals surface area contributed by atoms with Gasteiger partial charge in [0.2, 0.25) is 0 Å². The normalized spacial score (nSPS) is 15.1. The third-order valence-corrected chi connectivity index (χ3v) is 6.51. The van der Waals surface area contributed by atoms with E-state index < -0.39 is 0 Å². The number of hydrogen-bond donors (Lipinski definition) is 0. The summed E-state index contributed by atoms with van der Waals surface area (Å²) in [6.07, 6.45) is 1.88. The van der Waals surface area contributed by atoms with E-state index in [2.05, 4.69) is 32.0 Å². The lowest BCUT2D eigenvalue weighted by molar-refractivity contribution is -0.113. The Morgan fingerprint density at radius 1 is 0.968 bits per heavy atom. The zero-order valence-corrected chi connectivity index (χ0v) is 19.3. The number of benzene rings is 3. The topological polar surface area (TPSA) is 29.5 Å². The third-order valence-electron chi connectivity index (χ3n) is 5.21. The summed E-state index contributed by atoms with van der Waals surface area (Å²) in [5, 5.41) is 0. The minimum atomic E-state index is -0.0852. The Hall–Kier alpha value is -2.89. The molecule has 0 spiro atoms. The van der Waals surface area contributed by atoms with Gasteiger partial charge in [-0.3, -0.25) is 9.69 Å². The molecule has 0 saturated carbocycles. The molecular formula is C26H23NO2S2. The largest absolute Gasteiger partial charge is 0.489 e. The van der Waals surface area contributed by atoms with E-state index in [1.165, 1.54) is 22.9 Å². The van der Waals surface area contributed by atoms with Gasteiger partial charge in [-0.25, -0.2) is 0 Å². The van der Waals surface area contributed by atoms with Crippen LogP contribution in [0.1, 0.15) is 27.8 Å². The summed E-state index contributed by atoms with van der Waals surface area (Å²) in [6, 6.07) is 22.0. The molecule has 1 saturated heterocycles. The first-order valence-electron chi connectivity index (χ1n) is 10.0. The van der Waals surface area contributed by atoms with Crippen LogP contribution >= 0.6 is 24.0 Å². The smallest absolute Gasteiger partial charge is 0.270 e. The summed E-state index contributed by atoms with van der Waals surface area (Å²) in [5.74, 6) is 0.708. The molecule has 31 heavy (non-hydrogen) atoms. The fraction of sp³-hybridized carbons (Fsp3) is 0.154. The van der Waals surface area contributed by atoms with Crippen molar-refractivity contribution in [1.29, 1.82) is 0 Å². The van der Waals surface area contributed by atoms with Crippen LogP contribution in [0.5, 0.6) is 5.75 Å². The quantitative estimate of drug-likeness (QED) is 0.327. The maximum Gasteiger partial charge on any atom is 0.270 e. The summed E-state index contributed by atoms with van der Waals surface area (Å²) in [4.78, 5) is 15.2. The number of aryl methyl sites for hydroxylation is 3. The van der Waals surface area contributed by atoms with Gasteiger partial charge < -0.3 is 4.74 Å². The zero-order valence-electron chi connectivity index (χ0n) is 17.7. The number of amides is 1. The number of thiocarbonyl (C=S) groups is 1. The van der Waals surface area contributed by atoms with Gasteiger partial charge in [0.25, 0.3) is 5.91 Å². The van der Waals surface area contributed by atoms with Crippen LogP contribution in [0.4, 0.5) is 5.69 Å². The molecule has 0 N–H and O–H groups in total. The van der Waals surface area contributed by atoms with Crippen molar-refractivity contribution in [2.75, 3.05) is 4.90 Å². The lowest BCUT2D eigenvalue weighted by atomic mass is 10.1. The number of thioether (sulfide) groups is 1. The molecular weight excluding hydrogens is 422 g/mol. The molecule has 5 heteroatoms. The van der Waals surface area contributed by atoms with Crippen molar-refractivity contribution in [2.45, 2.75) is 27.4 Å². The van der Waals surface area contributed by atoms with E-state index >= 15 is 0 Å². The minimum Gasteiger partial charge on any atom is -0.489 e. The summed E-state index contributed by atoms with van der Waals surface area (Å²) >= 11 is 6.82. The van der Waals surface area contributed by atoms with Gasteiger partial charge in [0, 0.05) is 0 Å². The number of hydrogen-bond acceptors (Lipinski definition) is 4. The molecule has 3 aromatic carbocycles. The molecule has 0 aromatic heterocycles. The van der Waals surface area contributed by atoms with Crippen LogP contribution in [0.2, 0.25) is 0 Å². The molecule has 0 atom stereocenters. The van der Waals surface area contributed by atoms with Gasteiger partial charge in [-0.2, -0.15) is 0 Å². The van der Waals surface area contributed by atoms with Crippen molar-refractivity contribution in [3.05, 3.63) is 99.5 Å². The van der Waals surface area contributed by atoms with Crippen molar-refractivity contribution in [1.82, 2.24) is 0 Å². The molecule has 156 valence electrons. The minimum absolute atomic E-state index is 0.0852. The predicted molar refractivity (Wildman–Crippen MR) is 134 cm³/mol. The molecule has 3 aromatic rings.